The third kappa shape index (κ3) is 3.84. The highest BCUT2D eigenvalue weighted by Crippen LogP contribution is 2.48. The lowest BCUT2D eigenvalue weighted by atomic mass is 9.92. The van der Waals surface area contributed by atoms with Crippen LogP contribution in [0.1, 0.15) is 16.7 Å². The van der Waals surface area contributed by atoms with Crippen LogP contribution in [0.5, 0.6) is 0 Å². The van der Waals surface area contributed by atoms with Crippen molar-refractivity contribution < 1.29 is 22.0 Å². The van der Waals surface area contributed by atoms with Gasteiger partial charge in [-0.25, -0.2) is 9.98 Å². The van der Waals surface area contributed by atoms with Gasteiger partial charge in [-0.2, -0.15) is 27.2 Å². The number of hydrogen-bond acceptors (Lipinski definition) is 5. The molecule has 0 radical (unpaired) electrons. The van der Waals surface area contributed by atoms with E-state index in [1.165, 1.54) is 18.2 Å². The molecule has 0 aliphatic carbocycles. The molecular formula is C25H19F5N6. The number of rotatable bonds is 5. The fourth-order valence-electron chi connectivity index (χ4n) is 4.43. The molecule has 5 rings (SSSR count). The van der Waals surface area contributed by atoms with Gasteiger partial charge < -0.3 is 0 Å². The predicted octanol–water partition coefficient (Wildman–Crippen LogP) is 4.54. The van der Waals surface area contributed by atoms with Crippen molar-refractivity contribution >= 4 is 0 Å². The van der Waals surface area contributed by atoms with Gasteiger partial charge >= 0.3 is 12.1 Å². The molecule has 36 heavy (non-hydrogen) atoms. The molecule has 184 valence electrons. The summed E-state index contributed by atoms with van der Waals surface area (Å²) in [6.45, 7) is 3.33. The van der Waals surface area contributed by atoms with Crippen LogP contribution in [-0.4, -0.2) is 38.4 Å². The minimum Gasteiger partial charge on any atom is -0.246 e. The summed E-state index contributed by atoms with van der Waals surface area (Å²) in [5.74, 6) is -4.83. The van der Waals surface area contributed by atoms with E-state index < -0.39 is 24.2 Å². The van der Waals surface area contributed by atoms with E-state index in [2.05, 4.69) is 30.6 Å². The molecule has 2 heterocycles. The second-order valence-corrected chi connectivity index (χ2v) is 8.72. The van der Waals surface area contributed by atoms with Gasteiger partial charge in [0.1, 0.15) is 0 Å². The first-order valence-electron chi connectivity index (χ1n) is 10.9. The molecule has 0 bridgehead atoms. The van der Waals surface area contributed by atoms with E-state index in [1.54, 1.807) is 44.2 Å². The van der Waals surface area contributed by atoms with Crippen LogP contribution in [0.3, 0.4) is 0 Å². The fraction of sp³-hybridized carbons (Fsp3) is 0.240. The van der Waals surface area contributed by atoms with E-state index in [9.17, 15) is 22.0 Å². The Morgan fingerprint density at radius 1 is 0.861 bits per heavy atom. The Bertz CT molecular complexity index is 1550. The Hall–Kier alpha value is -4.02. The van der Waals surface area contributed by atoms with Crippen LogP contribution < -0.4 is 10.7 Å². The van der Waals surface area contributed by atoms with E-state index in [-0.39, 0.29) is 16.3 Å². The topological polar surface area (TPSA) is 79.2 Å². The standard InChI is InChI=1S/C25H19F5N6/c1-14-11-15(2)21-20(12-14)31-23(32-21,24(26,27)25(28,29)30)13-16-7-9-17(10-8-16)18-5-3-4-6-19(18)22-33-35-36-34-22/h3-12H,13H2,1-2H3,(H,33,34,35,36). The van der Waals surface area contributed by atoms with Gasteiger partial charge in [-0.15, -0.1) is 10.2 Å². The molecule has 0 saturated carbocycles. The number of aromatic amines is 1. The summed E-state index contributed by atoms with van der Waals surface area (Å²) >= 11 is 0. The van der Waals surface area contributed by atoms with Crippen molar-refractivity contribution in [2.75, 3.05) is 0 Å². The van der Waals surface area contributed by atoms with Crippen molar-refractivity contribution in [3.63, 3.8) is 0 Å². The minimum absolute atomic E-state index is 0.0297. The lowest BCUT2D eigenvalue weighted by Gasteiger charge is -2.33. The van der Waals surface area contributed by atoms with E-state index in [0.717, 1.165) is 5.56 Å². The van der Waals surface area contributed by atoms with Crippen LogP contribution in [0.4, 0.5) is 22.0 Å². The normalized spacial score (nSPS) is 17.4. The molecule has 0 spiro atoms. The maximum absolute atomic E-state index is 15.0. The first kappa shape index (κ1) is 23.7. The van der Waals surface area contributed by atoms with Crippen LogP contribution in [0, 0.1) is 13.8 Å². The molecule has 1 aliphatic heterocycles. The maximum Gasteiger partial charge on any atom is 0.458 e. The van der Waals surface area contributed by atoms with Gasteiger partial charge in [-0.1, -0.05) is 54.6 Å². The predicted molar refractivity (Wildman–Crippen MR) is 121 cm³/mol. The average molecular weight is 498 g/mol. The lowest BCUT2D eigenvalue weighted by molar-refractivity contribution is -0.305. The first-order valence-corrected chi connectivity index (χ1v) is 10.9. The highest BCUT2D eigenvalue weighted by molar-refractivity contribution is 5.80. The molecule has 1 N–H and O–H groups in total. The van der Waals surface area contributed by atoms with Crippen molar-refractivity contribution in [3.05, 3.63) is 88.1 Å². The number of fused-ring (bicyclic) bond motifs is 1. The second kappa shape index (κ2) is 8.28. The Morgan fingerprint density at radius 2 is 1.56 bits per heavy atom. The number of H-pyrrole nitrogens is 1. The molecule has 0 fully saturated rings. The molecule has 11 heteroatoms. The summed E-state index contributed by atoms with van der Waals surface area (Å²) in [5, 5.41) is 14.0. The number of alkyl halides is 5. The summed E-state index contributed by atoms with van der Waals surface area (Å²) < 4.78 is 70.8. The monoisotopic (exact) mass is 498 g/mol. The molecule has 0 saturated heterocycles. The van der Waals surface area contributed by atoms with Gasteiger partial charge in [0.05, 0.1) is 10.7 Å². The van der Waals surface area contributed by atoms with Crippen LogP contribution in [0.15, 0.2) is 70.6 Å². The van der Waals surface area contributed by atoms with Gasteiger partial charge in [0.15, 0.2) is 0 Å². The number of benzene rings is 3. The van der Waals surface area contributed by atoms with Crippen molar-refractivity contribution in [3.8, 4) is 22.5 Å². The summed E-state index contributed by atoms with van der Waals surface area (Å²) in [5.41, 5.74) is 0.495. The zero-order valence-corrected chi connectivity index (χ0v) is 19.1. The average Bonchev–Trinajstić information content (AvgIpc) is 3.48. The van der Waals surface area contributed by atoms with E-state index in [4.69, 9.17) is 0 Å². The first-order chi connectivity index (χ1) is 17.0. The molecule has 3 aromatic carbocycles. The smallest absolute Gasteiger partial charge is 0.246 e. The summed E-state index contributed by atoms with van der Waals surface area (Å²) in [7, 11) is 0. The van der Waals surface area contributed by atoms with Gasteiger partial charge in [0.2, 0.25) is 11.5 Å². The number of aryl methyl sites for hydroxylation is 2. The highest BCUT2D eigenvalue weighted by Gasteiger charge is 2.71. The Balaban J connectivity index is 1.57. The van der Waals surface area contributed by atoms with E-state index in [1.807, 2.05) is 12.1 Å². The molecule has 1 aromatic heterocycles. The summed E-state index contributed by atoms with van der Waals surface area (Å²) in [6, 6.07) is 16.7. The summed E-state index contributed by atoms with van der Waals surface area (Å²) in [6.07, 6.45) is -6.58. The van der Waals surface area contributed by atoms with E-state index >= 15 is 0 Å². The number of halogens is 5. The lowest BCUT2D eigenvalue weighted by Crippen LogP contribution is -2.56. The quantitative estimate of drug-likeness (QED) is 0.411. The summed E-state index contributed by atoms with van der Waals surface area (Å²) in [4.78, 5) is 7.83. The molecule has 6 nitrogen and oxygen atoms in total. The Morgan fingerprint density at radius 3 is 2.19 bits per heavy atom. The van der Waals surface area contributed by atoms with Crippen molar-refractivity contribution in [1.82, 2.24) is 20.6 Å². The Kier molecular flexibility index (Phi) is 5.46. The maximum atomic E-state index is 15.0. The number of nitrogens with zero attached hydrogens (tertiary/aromatic N) is 5. The molecule has 1 atom stereocenters. The van der Waals surface area contributed by atoms with E-state index in [0.29, 0.717) is 28.1 Å². The fourth-order valence-corrected chi connectivity index (χ4v) is 4.43. The number of tetrazole rings is 1. The molecule has 1 unspecified atom stereocenters. The zero-order valence-electron chi connectivity index (χ0n) is 19.1. The minimum atomic E-state index is -5.84. The highest BCUT2D eigenvalue weighted by atomic mass is 19.4. The zero-order chi connectivity index (χ0) is 25.7. The van der Waals surface area contributed by atoms with Crippen LogP contribution in [0.25, 0.3) is 22.5 Å². The number of hydrogen-bond donors (Lipinski definition) is 1. The SMILES string of the molecule is Cc1cc(C)c2c(c1)=NC(Cc1ccc(-c3ccccc3-c3nn[nH]n3)cc1)(C(F)(F)C(F)(F)F)N=2. The largest absolute Gasteiger partial charge is 0.458 e. The van der Waals surface area contributed by atoms with Crippen molar-refractivity contribution in [2.45, 2.75) is 38.0 Å². The van der Waals surface area contributed by atoms with Crippen LogP contribution >= 0.6 is 0 Å². The second-order valence-electron chi connectivity index (χ2n) is 8.72. The number of aromatic nitrogens is 4. The molecule has 0 amide bonds. The third-order valence-corrected chi connectivity index (χ3v) is 6.11. The van der Waals surface area contributed by atoms with Gasteiger partial charge in [0.25, 0.3) is 0 Å². The molecular weight excluding hydrogens is 479 g/mol. The number of nitrogens with one attached hydrogen (secondary N) is 1. The third-order valence-electron chi connectivity index (χ3n) is 6.11. The van der Waals surface area contributed by atoms with Gasteiger partial charge in [-0.05, 0) is 52.9 Å². The molecule has 1 aliphatic rings. The van der Waals surface area contributed by atoms with Crippen LogP contribution in [0.2, 0.25) is 0 Å². The van der Waals surface area contributed by atoms with Crippen LogP contribution in [-0.2, 0) is 6.42 Å². The van der Waals surface area contributed by atoms with Gasteiger partial charge in [0, 0.05) is 12.0 Å². The Labute approximate surface area is 201 Å². The van der Waals surface area contributed by atoms with Crippen molar-refractivity contribution in [1.29, 1.82) is 0 Å². The van der Waals surface area contributed by atoms with Crippen molar-refractivity contribution in [2.24, 2.45) is 9.98 Å². The molecule has 4 aromatic rings. The van der Waals surface area contributed by atoms with Gasteiger partial charge in [-0.3, -0.25) is 0 Å².